The van der Waals surface area contributed by atoms with E-state index in [-0.39, 0.29) is 0 Å². The Bertz CT molecular complexity index is 777. The Labute approximate surface area is 132 Å². The molecule has 3 aromatic rings. The lowest BCUT2D eigenvalue weighted by atomic mass is 10.1. The molecule has 0 radical (unpaired) electrons. The maximum Gasteiger partial charge on any atom is 0.212 e. The third kappa shape index (κ3) is 2.82. The second-order valence-electron chi connectivity index (χ2n) is 5.43. The van der Waals surface area contributed by atoms with Crippen molar-refractivity contribution in [2.24, 2.45) is 5.92 Å². The van der Waals surface area contributed by atoms with Crippen molar-refractivity contribution < 1.29 is 4.79 Å². The van der Waals surface area contributed by atoms with Gasteiger partial charge in [-0.15, -0.1) is 16.4 Å². The van der Waals surface area contributed by atoms with Gasteiger partial charge in [0.05, 0.1) is 11.4 Å². The van der Waals surface area contributed by atoms with E-state index in [9.17, 15) is 4.79 Å². The van der Waals surface area contributed by atoms with Crippen LogP contribution < -0.4 is 0 Å². The van der Waals surface area contributed by atoms with Crippen molar-refractivity contribution in [2.75, 3.05) is 0 Å². The molecule has 0 saturated heterocycles. The summed E-state index contributed by atoms with van der Waals surface area (Å²) in [6, 6.07) is 9.99. The van der Waals surface area contributed by atoms with Gasteiger partial charge in [0, 0.05) is 10.9 Å². The van der Waals surface area contributed by atoms with Gasteiger partial charge in [-0.05, 0) is 12.3 Å². The van der Waals surface area contributed by atoms with E-state index in [4.69, 9.17) is 0 Å². The lowest BCUT2D eigenvalue weighted by molar-refractivity contribution is 0.111. The summed E-state index contributed by atoms with van der Waals surface area (Å²) in [6.07, 6.45) is 1.49. The maximum atomic E-state index is 11.1. The fraction of sp³-hybridized carbons (Fsp3) is 0.250. The van der Waals surface area contributed by atoms with E-state index in [1.54, 1.807) is 4.68 Å². The minimum absolute atomic E-state index is 0.394. The summed E-state index contributed by atoms with van der Waals surface area (Å²) in [5.41, 5.74) is 3.18. The fourth-order valence-electron chi connectivity index (χ4n) is 2.24. The summed E-state index contributed by atoms with van der Waals surface area (Å²) in [4.78, 5) is 15.8. The monoisotopic (exact) mass is 312 g/mol. The number of carbonyl (C=O) groups is 1. The van der Waals surface area contributed by atoms with Crippen molar-refractivity contribution in [3.8, 4) is 16.4 Å². The lowest BCUT2D eigenvalue weighted by Crippen LogP contribution is -2.07. The van der Waals surface area contributed by atoms with Crippen LogP contribution in [0.5, 0.6) is 0 Å². The first kappa shape index (κ1) is 14.6. The molecule has 0 aliphatic carbocycles. The molecule has 6 heteroatoms. The Kier molecular flexibility index (Phi) is 4.11. The van der Waals surface area contributed by atoms with Crippen LogP contribution in [-0.2, 0) is 6.42 Å². The Balaban J connectivity index is 2.00. The van der Waals surface area contributed by atoms with Crippen LogP contribution in [0.2, 0.25) is 0 Å². The second-order valence-corrected chi connectivity index (χ2v) is 6.27. The molecule has 0 spiro atoms. The zero-order valence-electron chi connectivity index (χ0n) is 12.4. The van der Waals surface area contributed by atoms with Gasteiger partial charge in [0.15, 0.2) is 6.29 Å². The van der Waals surface area contributed by atoms with Crippen LogP contribution in [0.15, 0.2) is 35.7 Å². The molecule has 0 aliphatic rings. The van der Waals surface area contributed by atoms with Crippen LogP contribution in [-0.4, -0.2) is 26.3 Å². The molecule has 0 fully saturated rings. The van der Waals surface area contributed by atoms with Gasteiger partial charge >= 0.3 is 0 Å². The van der Waals surface area contributed by atoms with Gasteiger partial charge in [-0.25, -0.2) is 4.98 Å². The van der Waals surface area contributed by atoms with E-state index in [0.29, 0.717) is 11.6 Å². The first-order chi connectivity index (χ1) is 10.7. The summed E-state index contributed by atoms with van der Waals surface area (Å²) < 4.78 is 1.68. The standard InChI is InChI=1S/C16H16N4OS/c1-11(2)8-15-13(9-21)18-19-20(15)16-17-14(10-22-16)12-6-4-3-5-7-12/h3-7,9-11H,8H2,1-2H3. The van der Waals surface area contributed by atoms with Gasteiger partial charge in [0.2, 0.25) is 5.13 Å². The van der Waals surface area contributed by atoms with Crippen molar-refractivity contribution in [3.05, 3.63) is 47.1 Å². The Morgan fingerprint density at radius 2 is 2.05 bits per heavy atom. The molecule has 2 heterocycles. The first-order valence-corrected chi connectivity index (χ1v) is 7.98. The fourth-order valence-corrected chi connectivity index (χ4v) is 3.04. The number of rotatable bonds is 5. The van der Waals surface area contributed by atoms with Crippen LogP contribution in [0.25, 0.3) is 16.4 Å². The largest absolute Gasteiger partial charge is 0.296 e. The van der Waals surface area contributed by atoms with E-state index in [1.807, 2.05) is 35.7 Å². The summed E-state index contributed by atoms with van der Waals surface area (Å²) in [7, 11) is 0. The number of hydrogen-bond acceptors (Lipinski definition) is 5. The van der Waals surface area contributed by atoms with Gasteiger partial charge in [-0.2, -0.15) is 4.68 Å². The van der Waals surface area contributed by atoms with Gasteiger partial charge in [-0.1, -0.05) is 49.4 Å². The molecule has 0 atom stereocenters. The molecular weight excluding hydrogens is 296 g/mol. The number of carbonyl (C=O) groups excluding carboxylic acids is 1. The molecule has 5 nitrogen and oxygen atoms in total. The number of benzene rings is 1. The van der Waals surface area contributed by atoms with E-state index in [0.717, 1.165) is 34.8 Å². The van der Waals surface area contributed by atoms with Crippen molar-refractivity contribution in [1.29, 1.82) is 0 Å². The molecule has 2 aromatic heterocycles. The number of thiazole rings is 1. The summed E-state index contributed by atoms with van der Waals surface area (Å²) in [5, 5.41) is 10.8. The van der Waals surface area contributed by atoms with Crippen LogP contribution in [0.3, 0.4) is 0 Å². The minimum Gasteiger partial charge on any atom is -0.296 e. The molecule has 0 unspecified atom stereocenters. The zero-order valence-corrected chi connectivity index (χ0v) is 13.2. The molecule has 0 aliphatic heterocycles. The van der Waals surface area contributed by atoms with Gasteiger partial charge in [-0.3, -0.25) is 4.79 Å². The number of nitrogens with zero attached hydrogens (tertiary/aromatic N) is 4. The predicted molar refractivity (Wildman–Crippen MR) is 86.4 cm³/mol. The third-order valence-corrected chi connectivity index (χ3v) is 4.07. The zero-order chi connectivity index (χ0) is 15.5. The number of aromatic nitrogens is 4. The Morgan fingerprint density at radius 3 is 2.73 bits per heavy atom. The molecule has 0 N–H and O–H groups in total. The van der Waals surface area contributed by atoms with Gasteiger partial charge < -0.3 is 0 Å². The average Bonchev–Trinajstić information content (AvgIpc) is 3.14. The lowest BCUT2D eigenvalue weighted by Gasteiger charge is -2.06. The molecule has 0 amide bonds. The van der Waals surface area contributed by atoms with Crippen molar-refractivity contribution in [3.63, 3.8) is 0 Å². The molecule has 112 valence electrons. The number of hydrogen-bond donors (Lipinski definition) is 0. The van der Waals surface area contributed by atoms with Gasteiger partial charge in [0.25, 0.3) is 0 Å². The van der Waals surface area contributed by atoms with Gasteiger partial charge in [0.1, 0.15) is 5.69 Å². The quantitative estimate of drug-likeness (QED) is 0.677. The van der Waals surface area contributed by atoms with E-state index in [2.05, 4.69) is 29.1 Å². The molecular formula is C16H16N4OS. The molecule has 22 heavy (non-hydrogen) atoms. The highest BCUT2D eigenvalue weighted by Crippen LogP contribution is 2.25. The van der Waals surface area contributed by atoms with Crippen molar-refractivity contribution >= 4 is 17.6 Å². The van der Waals surface area contributed by atoms with Crippen molar-refractivity contribution in [1.82, 2.24) is 20.0 Å². The molecule has 1 aromatic carbocycles. The number of aldehydes is 1. The smallest absolute Gasteiger partial charge is 0.212 e. The SMILES string of the molecule is CC(C)Cc1c(C=O)nnn1-c1nc(-c2ccccc2)cs1. The third-order valence-electron chi connectivity index (χ3n) is 3.25. The topological polar surface area (TPSA) is 60.7 Å². The van der Waals surface area contributed by atoms with Crippen molar-refractivity contribution in [2.45, 2.75) is 20.3 Å². The first-order valence-electron chi connectivity index (χ1n) is 7.10. The molecule has 0 saturated carbocycles. The maximum absolute atomic E-state index is 11.1. The highest BCUT2D eigenvalue weighted by atomic mass is 32.1. The van der Waals surface area contributed by atoms with E-state index >= 15 is 0 Å². The normalized spacial score (nSPS) is 11.0. The summed E-state index contributed by atoms with van der Waals surface area (Å²) >= 11 is 1.50. The van der Waals surface area contributed by atoms with Crippen LogP contribution in [0.4, 0.5) is 0 Å². The highest BCUT2D eigenvalue weighted by molar-refractivity contribution is 7.12. The molecule has 0 bridgehead atoms. The van der Waals surface area contributed by atoms with Crippen LogP contribution in [0.1, 0.15) is 30.0 Å². The van der Waals surface area contributed by atoms with Crippen LogP contribution in [0, 0.1) is 5.92 Å². The summed E-state index contributed by atoms with van der Waals surface area (Å²) in [6.45, 7) is 4.20. The minimum atomic E-state index is 0.394. The van der Waals surface area contributed by atoms with E-state index in [1.165, 1.54) is 11.3 Å². The second kappa shape index (κ2) is 6.19. The highest BCUT2D eigenvalue weighted by Gasteiger charge is 2.17. The van der Waals surface area contributed by atoms with E-state index < -0.39 is 0 Å². The Morgan fingerprint density at radius 1 is 1.27 bits per heavy atom. The molecule has 3 rings (SSSR count). The van der Waals surface area contributed by atoms with Crippen LogP contribution >= 0.6 is 11.3 Å². The predicted octanol–water partition coefficient (Wildman–Crippen LogP) is 3.40. The average molecular weight is 312 g/mol. The summed E-state index contributed by atoms with van der Waals surface area (Å²) in [5.74, 6) is 0.407. The Hall–Kier alpha value is -2.34.